The van der Waals surface area contributed by atoms with E-state index < -0.39 is 0 Å². The molecule has 0 radical (unpaired) electrons. The second-order valence-corrected chi connectivity index (χ2v) is 6.64. The molecule has 0 heterocycles. The van der Waals surface area contributed by atoms with Gasteiger partial charge in [0, 0.05) is 27.7 Å². The van der Waals surface area contributed by atoms with E-state index in [0.29, 0.717) is 13.2 Å². The zero-order chi connectivity index (χ0) is 17.6. The molecule has 3 aromatic rings. The van der Waals surface area contributed by atoms with E-state index in [1.807, 2.05) is 12.1 Å². The molecule has 0 aliphatic rings. The second kappa shape index (κ2) is 8.26. The highest BCUT2D eigenvalue weighted by atomic mass is 79.9. The fourth-order valence-electron chi connectivity index (χ4n) is 2.83. The highest BCUT2D eigenvalue weighted by Gasteiger charge is 2.14. The summed E-state index contributed by atoms with van der Waals surface area (Å²) in [6.45, 7) is 3.40. The molecule has 0 amide bonds. The summed E-state index contributed by atoms with van der Waals surface area (Å²) in [5.74, 6) is 1.55. The zero-order valence-electron chi connectivity index (χ0n) is 14.5. The summed E-state index contributed by atoms with van der Waals surface area (Å²) >= 11 is 3.65. The smallest absolute Gasteiger partial charge is 0.167 e. The largest absolute Gasteiger partial charge is 0.493 e. The minimum absolute atomic E-state index is 0.644. The lowest BCUT2D eigenvalue weighted by Crippen LogP contribution is -2.06. The van der Waals surface area contributed by atoms with E-state index in [4.69, 9.17) is 9.47 Å². The number of nitrogens with one attached hydrogen (secondary N) is 1. The lowest BCUT2D eigenvalue weighted by Gasteiger charge is -2.18. The summed E-state index contributed by atoms with van der Waals surface area (Å²) in [7, 11) is 1.67. The Balaban J connectivity index is 1.91. The maximum Gasteiger partial charge on any atom is 0.167 e. The molecule has 3 aromatic carbocycles. The number of benzene rings is 3. The molecule has 0 atom stereocenters. The number of rotatable bonds is 7. The lowest BCUT2D eigenvalue weighted by atomic mass is 10.1. The highest BCUT2D eigenvalue weighted by molar-refractivity contribution is 9.10. The van der Waals surface area contributed by atoms with Crippen LogP contribution in [0.4, 0.5) is 5.69 Å². The molecule has 25 heavy (non-hydrogen) atoms. The fourth-order valence-corrected chi connectivity index (χ4v) is 3.29. The van der Waals surface area contributed by atoms with Gasteiger partial charge in [0.25, 0.3) is 0 Å². The van der Waals surface area contributed by atoms with Crippen molar-refractivity contribution in [1.29, 1.82) is 0 Å². The number of hydrogen-bond donors (Lipinski definition) is 1. The van der Waals surface area contributed by atoms with Gasteiger partial charge in [-0.05, 0) is 30.0 Å². The van der Waals surface area contributed by atoms with E-state index in [0.717, 1.165) is 33.6 Å². The molecule has 0 bridgehead atoms. The van der Waals surface area contributed by atoms with Gasteiger partial charge in [-0.3, -0.25) is 0 Å². The average Bonchev–Trinajstić information content (AvgIpc) is 2.65. The predicted octanol–water partition coefficient (Wildman–Crippen LogP) is 6.01. The van der Waals surface area contributed by atoms with Crippen molar-refractivity contribution >= 4 is 32.4 Å². The molecule has 0 aliphatic heterocycles. The van der Waals surface area contributed by atoms with Gasteiger partial charge in [0.15, 0.2) is 11.5 Å². The average molecular weight is 400 g/mol. The van der Waals surface area contributed by atoms with E-state index in [1.54, 1.807) is 7.11 Å². The normalized spacial score (nSPS) is 10.7. The maximum absolute atomic E-state index is 5.97. The topological polar surface area (TPSA) is 30.5 Å². The van der Waals surface area contributed by atoms with Crippen molar-refractivity contribution in [3.05, 3.63) is 64.6 Å². The molecule has 0 aliphatic carbocycles. The third-order valence-corrected chi connectivity index (χ3v) is 4.83. The number of halogens is 1. The molecule has 3 rings (SSSR count). The minimum atomic E-state index is 0.644. The van der Waals surface area contributed by atoms with Crippen LogP contribution < -0.4 is 14.8 Å². The molecule has 0 unspecified atom stereocenters. The van der Waals surface area contributed by atoms with Gasteiger partial charge in [0.05, 0.1) is 13.7 Å². The Morgan fingerprint density at radius 3 is 2.60 bits per heavy atom. The third-order valence-electron chi connectivity index (χ3n) is 4.08. The summed E-state index contributed by atoms with van der Waals surface area (Å²) in [6.07, 6.45) is 0.950. The summed E-state index contributed by atoms with van der Waals surface area (Å²) in [6, 6.07) is 18.6. The van der Waals surface area contributed by atoms with E-state index in [-0.39, 0.29) is 0 Å². The molecule has 3 nitrogen and oxygen atoms in total. The van der Waals surface area contributed by atoms with Gasteiger partial charge in [-0.1, -0.05) is 59.3 Å². The van der Waals surface area contributed by atoms with Crippen molar-refractivity contribution in [2.45, 2.75) is 19.9 Å². The number of methoxy groups -OCH3 is 1. The molecule has 0 aromatic heterocycles. The first-order valence-corrected chi connectivity index (χ1v) is 9.23. The van der Waals surface area contributed by atoms with Gasteiger partial charge in [-0.15, -0.1) is 0 Å². The Morgan fingerprint density at radius 2 is 1.80 bits per heavy atom. The maximum atomic E-state index is 5.97. The van der Waals surface area contributed by atoms with Crippen LogP contribution in [0, 0.1) is 0 Å². The third kappa shape index (κ3) is 3.90. The zero-order valence-corrected chi connectivity index (χ0v) is 16.1. The van der Waals surface area contributed by atoms with Crippen molar-refractivity contribution in [3.63, 3.8) is 0 Å². The Labute approximate surface area is 157 Å². The minimum Gasteiger partial charge on any atom is -0.493 e. The number of ether oxygens (including phenoxy) is 2. The van der Waals surface area contributed by atoms with Gasteiger partial charge in [0.1, 0.15) is 0 Å². The molecule has 0 spiro atoms. The van der Waals surface area contributed by atoms with Crippen LogP contribution in [-0.4, -0.2) is 13.7 Å². The van der Waals surface area contributed by atoms with Crippen molar-refractivity contribution in [2.75, 3.05) is 19.0 Å². The fraction of sp³-hybridized carbons (Fsp3) is 0.238. The van der Waals surface area contributed by atoms with Gasteiger partial charge < -0.3 is 14.8 Å². The van der Waals surface area contributed by atoms with Crippen LogP contribution >= 0.6 is 15.9 Å². The van der Waals surface area contributed by atoms with Gasteiger partial charge >= 0.3 is 0 Å². The highest BCUT2D eigenvalue weighted by Crippen LogP contribution is 2.37. The van der Waals surface area contributed by atoms with Crippen molar-refractivity contribution < 1.29 is 9.47 Å². The number of fused-ring (bicyclic) bond motifs is 1. The van der Waals surface area contributed by atoms with Crippen LogP contribution in [0.2, 0.25) is 0 Å². The molecule has 4 heteroatoms. The molecule has 0 fully saturated rings. The monoisotopic (exact) mass is 399 g/mol. The quantitative estimate of drug-likeness (QED) is 0.527. The van der Waals surface area contributed by atoms with Crippen LogP contribution in [0.3, 0.4) is 0 Å². The molecule has 0 saturated carbocycles. The summed E-state index contributed by atoms with van der Waals surface area (Å²) in [5.41, 5.74) is 2.16. The number of hydrogen-bond acceptors (Lipinski definition) is 3. The van der Waals surface area contributed by atoms with E-state index in [2.05, 4.69) is 70.6 Å². The molecular weight excluding hydrogens is 378 g/mol. The molecule has 130 valence electrons. The van der Waals surface area contributed by atoms with Crippen LogP contribution in [0.15, 0.2) is 59.1 Å². The van der Waals surface area contributed by atoms with Crippen LogP contribution in [0.1, 0.15) is 18.9 Å². The van der Waals surface area contributed by atoms with E-state index in [1.165, 1.54) is 10.8 Å². The molecule has 0 saturated heterocycles. The Hall–Kier alpha value is -2.20. The second-order valence-electron chi connectivity index (χ2n) is 5.79. The first-order chi connectivity index (χ1) is 12.2. The Bertz CT molecular complexity index is 858. The van der Waals surface area contributed by atoms with Crippen LogP contribution in [0.25, 0.3) is 10.8 Å². The summed E-state index contributed by atoms with van der Waals surface area (Å²) in [4.78, 5) is 0. The Kier molecular flexibility index (Phi) is 5.82. The van der Waals surface area contributed by atoms with E-state index in [9.17, 15) is 0 Å². The lowest BCUT2D eigenvalue weighted by molar-refractivity contribution is 0.291. The van der Waals surface area contributed by atoms with Gasteiger partial charge in [0.2, 0.25) is 0 Å². The SMILES string of the molecule is CCCOc1c(OC)ccc(Br)c1CNc1cccc2ccccc12. The van der Waals surface area contributed by atoms with Crippen molar-refractivity contribution in [1.82, 2.24) is 0 Å². The molecule has 1 N–H and O–H groups in total. The van der Waals surface area contributed by atoms with Crippen molar-refractivity contribution in [3.8, 4) is 11.5 Å². The van der Waals surface area contributed by atoms with Crippen LogP contribution in [0.5, 0.6) is 11.5 Å². The Morgan fingerprint density at radius 1 is 1.00 bits per heavy atom. The number of anilines is 1. The van der Waals surface area contributed by atoms with Crippen molar-refractivity contribution in [2.24, 2.45) is 0 Å². The first-order valence-electron chi connectivity index (χ1n) is 8.44. The summed E-state index contributed by atoms with van der Waals surface area (Å²) in [5, 5.41) is 5.98. The predicted molar refractivity (Wildman–Crippen MR) is 108 cm³/mol. The van der Waals surface area contributed by atoms with Gasteiger partial charge in [-0.2, -0.15) is 0 Å². The standard InChI is InChI=1S/C21H22BrNO2/c1-3-13-25-21-17(18(22)11-12-20(21)24-2)14-23-19-10-6-8-15-7-4-5-9-16(15)19/h4-12,23H,3,13-14H2,1-2H3. The molecular formula is C21H22BrNO2. The van der Waals surface area contributed by atoms with Gasteiger partial charge in [-0.25, -0.2) is 0 Å². The first kappa shape index (κ1) is 17.6. The summed E-state index contributed by atoms with van der Waals surface area (Å²) < 4.78 is 12.5. The van der Waals surface area contributed by atoms with Crippen LogP contribution in [-0.2, 0) is 6.54 Å². The van der Waals surface area contributed by atoms with E-state index >= 15 is 0 Å².